The summed E-state index contributed by atoms with van der Waals surface area (Å²) in [4.78, 5) is 23.9. The van der Waals surface area contributed by atoms with Crippen LogP contribution in [0.5, 0.6) is 0 Å². The monoisotopic (exact) mass is 311 g/mol. The van der Waals surface area contributed by atoms with Crippen molar-refractivity contribution in [2.45, 2.75) is 26.3 Å². The standard InChI is InChI=1S/C18H21N3O2/c1-12(2)20-18(23)14-5-9-16(10-6-14)21-17(22)11-13-3-7-15(19)8-4-13/h3-10,12H,11,19H2,1-2H3,(H,20,23)(H,21,22). The summed E-state index contributed by atoms with van der Waals surface area (Å²) < 4.78 is 0. The molecule has 0 fully saturated rings. The van der Waals surface area contributed by atoms with Gasteiger partial charge in [0.2, 0.25) is 5.91 Å². The Morgan fingerprint density at radius 2 is 1.61 bits per heavy atom. The van der Waals surface area contributed by atoms with Crippen LogP contribution in [0.1, 0.15) is 29.8 Å². The predicted molar refractivity (Wildman–Crippen MR) is 92.2 cm³/mol. The van der Waals surface area contributed by atoms with E-state index >= 15 is 0 Å². The Kier molecular flexibility index (Phi) is 5.36. The van der Waals surface area contributed by atoms with E-state index in [1.165, 1.54) is 0 Å². The number of amides is 2. The SMILES string of the molecule is CC(C)NC(=O)c1ccc(NC(=O)Cc2ccc(N)cc2)cc1. The van der Waals surface area contributed by atoms with Crippen molar-refractivity contribution in [1.82, 2.24) is 5.32 Å². The molecule has 2 aromatic carbocycles. The number of carbonyl (C=O) groups excluding carboxylic acids is 2. The number of nitrogen functional groups attached to an aromatic ring is 1. The summed E-state index contributed by atoms with van der Waals surface area (Å²) in [6.45, 7) is 3.81. The zero-order chi connectivity index (χ0) is 16.8. The molecule has 0 saturated heterocycles. The summed E-state index contributed by atoms with van der Waals surface area (Å²) >= 11 is 0. The maximum Gasteiger partial charge on any atom is 0.251 e. The number of anilines is 2. The van der Waals surface area contributed by atoms with E-state index in [0.29, 0.717) is 16.9 Å². The second kappa shape index (κ2) is 7.45. The van der Waals surface area contributed by atoms with Crippen LogP contribution < -0.4 is 16.4 Å². The first-order valence-electron chi connectivity index (χ1n) is 7.49. The van der Waals surface area contributed by atoms with Crippen LogP contribution in [-0.2, 0) is 11.2 Å². The normalized spacial score (nSPS) is 10.4. The lowest BCUT2D eigenvalue weighted by Gasteiger charge is -2.09. The Morgan fingerprint density at radius 1 is 1.00 bits per heavy atom. The molecule has 0 spiro atoms. The van der Waals surface area contributed by atoms with Gasteiger partial charge in [0, 0.05) is 23.0 Å². The summed E-state index contributed by atoms with van der Waals surface area (Å²) in [5, 5.41) is 5.63. The Morgan fingerprint density at radius 3 is 2.17 bits per heavy atom. The van der Waals surface area contributed by atoms with Crippen molar-refractivity contribution in [1.29, 1.82) is 0 Å². The van der Waals surface area contributed by atoms with Crippen molar-refractivity contribution in [3.63, 3.8) is 0 Å². The number of hydrogen-bond acceptors (Lipinski definition) is 3. The summed E-state index contributed by atoms with van der Waals surface area (Å²) in [6.07, 6.45) is 0.274. The second-order valence-corrected chi connectivity index (χ2v) is 5.67. The first kappa shape index (κ1) is 16.5. The first-order chi connectivity index (χ1) is 10.9. The highest BCUT2D eigenvalue weighted by Gasteiger charge is 2.08. The Hall–Kier alpha value is -2.82. The molecule has 0 heterocycles. The summed E-state index contributed by atoms with van der Waals surface area (Å²) in [7, 11) is 0. The van der Waals surface area contributed by atoms with Gasteiger partial charge in [-0.1, -0.05) is 12.1 Å². The maximum atomic E-state index is 12.0. The minimum atomic E-state index is -0.125. The highest BCUT2D eigenvalue weighted by molar-refractivity contribution is 5.96. The van der Waals surface area contributed by atoms with Gasteiger partial charge >= 0.3 is 0 Å². The average molecular weight is 311 g/mol. The smallest absolute Gasteiger partial charge is 0.251 e. The zero-order valence-electron chi connectivity index (χ0n) is 13.3. The Bertz CT molecular complexity index is 676. The Balaban J connectivity index is 1.93. The number of rotatable bonds is 5. The summed E-state index contributed by atoms with van der Waals surface area (Å²) in [5.74, 6) is -0.242. The number of benzene rings is 2. The van der Waals surface area contributed by atoms with Gasteiger partial charge in [0.25, 0.3) is 5.91 Å². The Labute approximate surface area is 135 Å². The second-order valence-electron chi connectivity index (χ2n) is 5.67. The molecule has 0 aliphatic rings. The quantitative estimate of drug-likeness (QED) is 0.742. The van der Waals surface area contributed by atoms with Crippen molar-refractivity contribution in [3.8, 4) is 0 Å². The number of nitrogens with one attached hydrogen (secondary N) is 2. The van der Waals surface area contributed by atoms with Gasteiger partial charge in [-0.05, 0) is 55.8 Å². The van der Waals surface area contributed by atoms with Crippen LogP contribution in [0, 0.1) is 0 Å². The average Bonchev–Trinajstić information content (AvgIpc) is 2.49. The van der Waals surface area contributed by atoms with Gasteiger partial charge in [-0.15, -0.1) is 0 Å². The van der Waals surface area contributed by atoms with E-state index in [1.807, 2.05) is 26.0 Å². The van der Waals surface area contributed by atoms with Gasteiger partial charge in [-0.2, -0.15) is 0 Å². The van der Waals surface area contributed by atoms with Crippen molar-refractivity contribution < 1.29 is 9.59 Å². The third-order valence-corrected chi connectivity index (χ3v) is 3.20. The molecular formula is C18H21N3O2. The fourth-order valence-electron chi connectivity index (χ4n) is 2.08. The molecule has 0 radical (unpaired) electrons. The van der Waals surface area contributed by atoms with Crippen LogP contribution >= 0.6 is 0 Å². The van der Waals surface area contributed by atoms with Gasteiger partial charge in [0.1, 0.15) is 0 Å². The molecule has 0 saturated carbocycles. The van der Waals surface area contributed by atoms with Gasteiger partial charge in [0.05, 0.1) is 6.42 Å². The third kappa shape index (κ3) is 5.14. The molecule has 120 valence electrons. The highest BCUT2D eigenvalue weighted by Crippen LogP contribution is 2.11. The van der Waals surface area contributed by atoms with E-state index in [4.69, 9.17) is 5.73 Å². The minimum Gasteiger partial charge on any atom is -0.399 e. The van der Waals surface area contributed by atoms with Gasteiger partial charge < -0.3 is 16.4 Å². The highest BCUT2D eigenvalue weighted by atomic mass is 16.2. The molecule has 0 aliphatic heterocycles. The molecule has 2 aromatic rings. The molecule has 2 amide bonds. The largest absolute Gasteiger partial charge is 0.399 e. The van der Waals surface area contributed by atoms with E-state index < -0.39 is 0 Å². The zero-order valence-corrected chi connectivity index (χ0v) is 13.3. The van der Waals surface area contributed by atoms with Crippen LogP contribution in [0.25, 0.3) is 0 Å². The fourth-order valence-corrected chi connectivity index (χ4v) is 2.08. The lowest BCUT2D eigenvalue weighted by molar-refractivity contribution is -0.115. The topological polar surface area (TPSA) is 84.2 Å². The number of nitrogens with two attached hydrogens (primary N) is 1. The van der Waals surface area contributed by atoms with Crippen LogP contribution in [0.15, 0.2) is 48.5 Å². The van der Waals surface area contributed by atoms with E-state index in [1.54, 1.807) is 36.4 Å². The maximum absolute atomic E-state index is 12.0. The van der Waals surface area contributed by atoms with E-state index in [0.717, 1.165) is 5.56 Å². The van der Waals surface area contributed by atoms with Crippen LogP contribution in [0.3, 0.4) is 0 Å². The lowest BCUT2D eigenvalue weighted by atomic mass is 10.1. The lowest BCUT2D eigenvalue weighted by Crippen LogP contribution is -2.30. The van der Waals surface area contributed by atoms with Crippen LogP contribution in [-0.4, -0.2) is 17.9 Å². The molecule has 0 aliphatic carbocycles. The van der Waals surface area contributed by atoms with E-state index in [-0.39, 0.29) is 24.3 Å². The van der Waals surface area contributed by atoms with E-state index in [9.17, 15) is 9.59 Å². The first-order valence-corrected chi connectivity index (χ1v) is 7.49. The summed E-state index contributed by atoms with van der Waals surface area (Å²) in [5.41, 5.74) is 8.40. The summed E-state index contributed by atoms with van der Waals surface area (Å²) in [6, 6.07) is 14.1. The van der Waals surface area contributed by atoms with Crippen molar-refractivity contribution in [3.05, 3.63) is 59.7 Å². The van der Waals surface area contributed by atoms with Crippen molar-refractivity contribution in [2.24, 2.45) is 0 Å². The number of hydrogen-bond donors (Lipinski definition) is 3. The van der Waals surface area contributed by atoms with E-state index in [2.05, 4.69) is 10.6 Å². The van der Waals surface area contributed by atoms with Crippen LogP contribution in [0.2, 0.25) is 0 Å². The molecular weight excluding hydrogens is 290 g/mol. The minimum absolute atomic E-state index is 0.0850. The van der Waals surface area contributed by atoms with Crippen LogP contribution in [0.4, 0.5) is 11.4 Å². The molecule has 0 unspecified atom stereocenters. The number of carbonyl (C=O) groups is 2. The van der Waals surface area contributed by atoms with Gasteiger partial charge in [-0.3, -0.25) is 9.59 Å². The van der Waals surface area contributed by atoms with Gasteiger partial charge in [-0.25, -0.2) is 0 Å². The van der Waals surface area contributed by atoms with Crippen molar-refractivity contribution in [2.75, 3.05) is 11.1 Å². The fraction of sp³-hybridized carbons (Fsp3) is 0.222. The molecule has 0 bridgehead atoms. The molecule has 4 N–H and O–H groups in total. The molecule has 0 aromatic heterocycles. The predicted octanol–water partition coefficient (Wildman–Crippen LogP) is 2.59. The molecule has 0 atom stereocenters. The van der Waals surface area contributed by atoms with Crippen molar-refractivity contribution >= 4 is 23.2 Å². The third-order valence-electron chi connectivity index (χ3n) is 3.20. The molecule has 5 heteroatoms. The molecule has 5 nitrogen and oxygen atoms in total. The van der Waals surface area contributed by atoms with Gasteiger partial charge in [0.15, 0.2) is 0 Å². The molecule has 23 heavy (non-hydrogen) atoms. The molecule has 2 rings (SSSR count).